The predicted molar refractivity (Wildman–Crippen MR) is 128 cm³/mol. The van der Waals surface area contributed by atoms with Crippen molar-refractivity contribution < 1.29 is 28.6 Å². The fraction of sp³-hybridized carbons (Fsp3) is 0.148. The number of aldehydes is 1. The lowest BCUT2D eigenvalue weighted by atomic mass is 10.1. The molecule has 0 saturated carbocycles. The number of carbonyl (C=O) groups is 3. The van der Waals surface area contributed by atoms with Crippen molar-refractivity contribution >= 4 is 29.0 Å². The number of ether oxygens (including phenoxy) is 3. The molecule has 0 spiro atoms. The van der Waals surface area contributed by atoms with Gasteiger partial charge in [0.15, 0.2) is 0 Å². The van der Waals surface area contributed by atoms with E-state index in [0.717, 1.165) is 22.8 Å². The molecule has 0 aliphatic heterocycles. The number of allylic oxidation sites excluding steroid dienone is 1. The van der Waals surface area contributed by atoms with Crippen LogP contribution in [0.25, 0.3) is 10.8 Å². The second-order valence-electron chi connectivity index (χ2n) is 7.04. The molecular weight excluding hydrogens is 420 g/mol. The maximum Gasteiger partial charge on any atom is 0.343 e. The molecule has 0 amide bonds. The van der Waals surface area contributed by atoms with Gasteiger partial charge in [0.1, 0.15) is 17.8 Å². The highest BCUT2D eigenvalue weighted by Gasteiger charge is 2.11. The van der Waals surface area contributed by atoms with E-state index in [0.29, 0.717) is 35.5 Å². The molecule has 3 rings (SSSR count). The minimum atomic E-state index is -0.474. The van der Waals surface area contributed by atoms with Crippen LogP contribution in [0.5, 0.6) is 11.5 Å². The molecule has 0 aromatic heterocycles. The van der Waals surface area contributed by atoms with Crippen molar-refractivity contribution in [3.05, 3.63) is 96.6 Å². The summed E-state index contributed by atoms with van der Waals surface area (Å²) in [5.74, 6) is -0.000164. The van der Waals surface area contributed by atoms with Gasteiger partial charge in [0.25, 0.3) is 0 Å². The number of esters is 2. The van der Waals surface area contributed by atoms with Crippen molar-refractivity contribution in [3.63, 3.8) is 0 Å². The minimum absolute atomic E-state index is 0.329. The van der Waals surface area contributed by atoms with Gasteiger partial charge in [-0.1, -0.05) is 37.4 Å². The van der Waals surface area contributed by atoms with Crippen LogP contribution in [0, 0.1) is 0 Å². The number of hydrogen-bond acceptors (Lipinski definition) is 6. The third-order valence-electron chi connectivity index (χ3n) is 4.43. The Morgan fingerprint density at radius 1 is 0.909 bits per heavy atom. The van der Waals surface area contributed by atoms with Crippen LogP contribution >= 0.6 is 0 Å². The zero-order valence-corrected chi connectivity index (χ0v) is 18.7. The van der Waals surface area contributed by atoms with Gasteiger partial charge in [-0.15, -0.1) is 0 Å². The summed E-state index contributed by atoms with van der Waals surface area (Å²) in [6.45, 7) is 8.91. The molecule has 6 nitrogen and oxygen atoms in total. The van der Waals surface area contributed by atoms with Crippen molar-refractivity contribution in [2.45, 2.75) is 13.3 Å². The van der Waals surface area contributed by atoms with Crippen molar-refractivity contribution in [2.24, 2.45) is 0 Å². The van der Waals surface area contributed by atoms with Crippen LogP contribution in [-0.4, -0.2) is 31.9 Å². The fourth-order valence-corrected chi connectivity index (χ4v) is 2.72. The van der Waals surface area contributed by atoms with Gasteiger partial charge in [-0.05, 0) is 72.2 Å². The van der Waals surface area contributed by atoms with E-state index in [-0.39, 0.29) is 0 Å². The molecule has 0 radical (unpaired) electrons. The van der Waals surface area contributed by atoms with Crippen LogP contribution in [0.15, 0.2) is 85.5 Å². The lowest BCUT2D eigenvalue weighted by Gasteiger charge is -2.08. The lowest BCUT2D eigenvalue weighted by molar-refractivity contribution is -0.130. The number of benzene rings is 3. The van der Waals surface area contributed by atoms with E-state index >= 15 is 0 Å². The van der Waals surface area contributed by atoms with Crippen molar-refractivity contribution in [1.29, 1.82) is 0 Å². The van der Waals surface area contributed by atoms with Crippen LogP contribution in [0.2, 0.25) is 0 Å². The average Bonchev–Trinajstić information content (AvgIpc) is 2.83. The van der Waals surface area contributed by atoms with Gasteiger partial charge >= 0.3 is 11.9 Å². The lowest BCUT2D eigenvalue weighted by Crippen LogP contribution is -2.09. The normalized spacial score (nSPS) is 9.88. The molecule has 3 aromatic carbocycles. The first-order valence-corrected chi connectivity index (χ1v) is 10.2. The summed E-state index contributed by atoms with van der Waals surface area (Å²) in [6, 6.07) is 17.8. The monoisotopic (exact) mass is 446 g/mol. The Hall–Kier alpha value is -4.03. The van der Waals surface area contributed by atoms with Gasteiger partial charge in [-0.25, -0.2) is 9.59 Å². The van der Waals surface area contributed by atoms with E-state index in [1.807, 2.05) is 12.1 Å². The Bertz CT molecular complexity index is 1140. The summed E-state index contributed by atoms with van der Waals surface area (Å²) in [5.41, 5.74) is 1.88. The van der Waals surface area contributed by atoms with E-state index < -0.39 is 11.9 Å². The molecule has 0 unspecified atom stereocenters. The molecule has 0 heterocycles. The van der Waals surface area contributed by atoms with E-state index in [9.17, 15) is 9.59 Å². The molecule has 0 saturated heterocycles. The number of fused-ring (bicyclic) bond motifs is 1. The number of rotatable bonds is 8. The molecule has 0 N–H and O–H groups in total. The van der Waals surface area contributed by atoms with E-state index in [4.69, 9.17) is 19.0 Å². The Labute approximate surface area is 193 Å². The smallest absolute Gasteiger partial charge is 0.343 e. The van der Waals surface area contributed by atoms with Crippen molar-refractivity contribution in [2.75, 3.05) is 13.7 Å². The summed E-state index contributed by atoms with van der Waals surface area (Å²) in [6.07, 6.45) is 2.64. The van der Waals surface area contributed by atoms with Gasteiger partial charge in [0.05, 0.1) is 12.2 Å². The topological polar surface area (TPSA) is 78.9 Å². The molecule has 3 aromatic rings. The third-order valence-corrected chi connectivity index (χ3v) is 4.43. The Kier molecular flexibility index (Phi) is 9.74. The first kappa shape index (κ1) is 25.2. The zero-order valence-electron chi connectivity index (χ0n) is 18.7. The first-order valence-electron chi connectivity index (χ1n) is 10.2. The van der Waals surface area contributed by atoms with Crippen LogP contribution in [-0.2, 0) is 20.7 Å². The second-order valence-corrected chi connectivity index (χ2v) is 7.04. The fourth-order valence-electron chi connectivity index (χ4n) is 2.72. The molecule has 33 heavy (non-hydrogen) atoms. The summed E-state index contributed by atoms with van der Waals surface area (Å²) in [7, 11) is 1.66. The third kappa shape index (κ3) is 7.87. The molecule has 0 bridgehead atoms. The molecule has 0 fully saturated rings. The van der Waals surface area contributed by atoms with Gasteiger partial charge in [0, 0.05) is 12.7 Å². The second kappa shape index (κ2) is 12.7. The van der Waals surface area contributed by atoms with Gasteiger partial charge in [-0.2, -0.15) is 0 Å². The van der Waals surface area contributed by atoms with Crippen LogP contribution in [0.1, 0.15) is 22.8 Å². The van der Waals surface area contributed by atoms with Crippen molar-refractivity contribution in [1.82, 2.24) is 0 Å². The highest BCUT2D eigenvalue weighted by Crippen LogP contribution is 2.23. The largest absolute Gasteiger partial charge is 0.423 e. The Balaban J connectivity index is 0.000000890. The van der Waals surface area contributed by atoms with Crippen LogP contribution in [0.4, 0.5) is 0 Å². The van der Waals surface area contributed by atoms with Gasteiger partial charge < -0.3 is 14.2 Å². The van der Waals surface area contributed by atoms with Crippen molar-refractivity contribution in [3.8, 4) is 11.5 Å². The molecule has 6 heteroatoms. The van der Waals surface area contributed by atoms with E-state index in [1.54, 1.807) is 62.6 Å². The maximum atomic E-state index is 12.5. The molecule has 0 aliphatic rings. The first-order chi connectivity index (χ1) is 15.9. The molecular formula is C27H26O6. The maximum absolute atomic E-state index is 12.5. The van der Waals surface area contributed by atoms with Gasteiger partial charge in [0.2, 0.25) is 0 Å². The number of hydrogen-bond donors (Lipinski definition) is 0. The highest BCUT2D eigenvalue weighted by atomic mass is 16.5. The van der Waals surface area contributed by atoms with E-state index in [2.05, 4.69) is 13.2 Å². The molecule has 170 valence electrons. The molecule has 0 atom stereocenters. The molecule has 0 aliphatic carbocycles. The standard InChI is InChI=1S/C24H22O5.C3H4O/c1-16(2)23(25)29-22-11-8-18-14-20(7-6-19(18)15-22)24(26)28-21-9-4-17(5-10-21)12-13-27-3;1-2-3-4/h4-11,14-15H,1,12-13H2,2-3H3;2-3H,1H2. The minimum Gasteiger partial charge on any atom is -0.423 e. The quantitative estimate of drug-likeness (QED) is 0.207. The summed E-state index contributed by atoms with van der Waals surface area (Å²) in [5, 5.41) is 1.68. The highest BCUT2D eigenvalue weighted by molar-refractivity contribution is 5.97. The Morgan fingerprint density at radius 3 is 2.12 bits per heavy atom. The number of carbonyl (C=O) groups excluding carboxylic acids is 3. The zero-order chi connectivity index (χ0) is 24.2. The van der Waals surface area contributed by atoms with Crippen LogP contribution in [0.3, 0.4) is 0 Å². The summed E-state index contributed by atoms with van der Waals surface area (Å²) < 4.78 is 15.8. The average molecular weight is 446 g/mol. The van der Waals surface area contributed by atoms with Crippen LogP contribution < -0.4 is 9.47 Å². The summed E-state index contributed by atoms with van der Waals surface area (Å²) in [4.78, 5) is 33.2. The summed E-state index contributed by atoms with van der Waals surface area (Å²) >= 11 is 0. The van der Waals surface area contributed by atoms with Gasteiger partial charge in [-0.3, -0.25) is 4.79 Å². The Morgan fingerprint density at radius 2 is 1.52 bits per heavy atom. The predicted octanol–water partition coefficient (Wildman–Crippen LogP) is 5.10. The SMILES string of the molecule is C=C(C)C(=O)Oc1ccc2cc(C(=O)Oc3ccc(CCOC)cc3)ccc2c1.C=CC=O. The van der Waals surface area contributed by atoms with E-state index in [1.165, 1.54) is 6.08 Å². The number of methoxy groups -OCH3 is 1.